The first-order valence-corrected chi connectivity index (χ1v) is 8.82. The number of ether oxygens (including phenoxy) is 1. The zero-order valence-electron chi connectivity index (χ0n) is 16.0. The summed E-state index contributed by atoms with van der Waals surface area (Å²) in [6.07, 6.45) is 0.409. The zero-order valence-corrected chi connectivity index (χ0v) is 16.0. The Morgan fingerprint density at radius 2 is 1.72 bits per heavy atom. The molecular formula is C22H29NO2. The van der Waals surface area contributed by atoms with E-state index in [2.05, 4.69) is 51.2 Å². The summed E-state index contributed by atoms with van der Waals surface area (Å²) in [6, 6.07) is 14.3. The van der Waals surface area contributed by atoms with Gasteiger partial charge in [-0.15, -0.1) is 0 Å². The number of benzene rings is 2. The van der Waals surface area contributed by atoms with Crippen molar-refractivity contribution in [2.75, 3.05) is 13.2 Å². The van der Waals surface area contributed by atoms with Crippen molar-refractivity contribution >= 4 is 5.91 Å². The van der Waals surface area contributed by atoms with Crippen LogP contribution in [-0.2, 0) is 16.6 Å². The Labute approximate surface area is 151 Å². The molecule has 1 amide bonds. The molecule has 2 aromatic carbocycles. The molecular weight excluding hydrogens is 310 g/mol. The van der Waals surface area contributed by atoms with Gasteiger partial charge in [0.2, 0.25) is 5.91 Å². The van der Waals surface area contributed by atoms with Gasteiger partial charge in [-0.2, -0.15) is 0 Å². The van der Waals surface area contributed by atoms with E-state index < -0.39 is 0 Å². The number of hydrogen-bond donors (Lipinski definition) is 1. The van der Waals surface area contributed by atoms with Gasteiger partial charge >= 0.3 is 0 Å². The number of aryl methyl sites for hydroxylation is 2. The van der Waals surface area contributed by atoms with Crippen molar-refractivity contribution in [2.45, 2.75) is 46.5 Å². The first-order valence-electron chi connectivity index (χ1n) is 8.82. The lowest BCUT2D eigenvalue weighted by atomic mass is 9.87. The number of carbonyl (C=O) groups is 1. The van der Waals surface area contributed by atoms with E-state index in [0.717, 1.165) is 16.9 Å². The van der Waals surface area contributed by atoms with E-state index in [0.29, 0.717) is 19.6 Å². The molecule has 0 fully saturated rings. The summed E-state index contributed by atoms with van der Waals surface area (Å²) < 4.78 is 5.70. The maximum absolute atomic E-state index is 12.0. The molecule has 0 atom stereocenters. The Balaban J connectivity index is 1.74. The molecule has 0 aliphatic carbocycles. The third-order valence-corrected chi connectivity index (χ3v) is 4.26. The largest absolute Gasteiger partial charge is 0.492 e. The molecule has 134 valence electrons. The molecule has 0 saturated carbocycles. The molecule has 0 spiro atoms. The second kappa shape index (κ2) is 8.19. The van der Waals surface area contributed by atoms with Crippen LogP contribution in [0.25, 0.3) is 0 Å². The normalized spacial score (nSPS) is 11.2. The van der Waals surface area contributed by atoms with E-state index in [9.17, 15) is 4.79 Å². The number of hydrogen-bond acceptors (Lipinski definition) is 2. The highest BCUT2D eigenvalue weighted by molar-refractivity contribution is 5.78. The van der Waals surface area contributed by atoms with E-state index in [-0.39, 0.29) is 11.3 Å². The number of carbonyl (C=O) groups excluding carboxylic acids is 1. The molecule has 0 bridgehead atoms. The molecule has 25 heavy (non-hydrogen) atoms. The number of amides is 1. The molecule has 2 rings (SSSR count). The molecule has 2 aromatic rings. The van der Waals surface area contributed by atoms with Crippen molar-refractivity contribution in [1.82, 2.24) is 5.32 Å². The van der Waals surface area contributed by atoms with Crippen LogP contribution in [0.15, 0.2) is 42.5 Å². The summed E-state index contributed by atoms with van der Waals surface area (Å²) in [6.45, 7) is 11.6. The number of rotatable bonds is 6. The van der Waals surface area contributed by atoms with E-state index in [4.69, 9.17) is 4.74 Å². The summed E-state index contributed by atoms with van der Waals surface area (Å²) in [5.74, 6) is 0.857. The van der Waals surface area contributed by atoms with Gasteiger partial charge in [-0.3, -0.25) is 4.79 Å². The molecule has 3 heteroatoms. The lowest BCUT2D eigenvalue weighted by molar-refractivity contribution is -0.120. The van der Waals surface area contributed by atoms with Crippen LogP contribution in [0.4, 0.5) is 0 Å². The Morgan fingerprint density at radius 1 is 1.04 bits per heavy atom. The fourth-order valence-electron chi connectivity index (χ4n) is 2.69. The minimum absolute atomic E-state index is 0.0265. The Morgan fingerprint density at radius 3 is 2.32 bits per heavy atom. The van der Waals surface area contributed by atoms with Crippen LogP contribution < -0.4 is 10.1 Å². The van der Waals surface area contributed by atoms with Gasteiger partial charge < -0.3 is 10.1 Å². The molecule has 0 unspecified atom stereocenters. The maximum atomic E-state index is 12.0. The van der Waals surface area contributed by atoms with Crippen molar-refractivity contribution in [3.8, 4) is 5.75 Å². The van der Waals surface area contributed by atoms with Gasteiger partial charge in [0.15, 0.2) is 0 Å². The predicted molar refractivity (Wildman–Crippen MR) is 103 cm³/mol. The van der Waals surface area contributed by atoms with Crippen LogP contribution in [0.2, 0.25) is 0 Å². The van der Waals surface area contributed by atoms with Crippen molar-refractivity contribution < 1.29 is 9.53 Å². The highest BCUT2D eigenvalue weighted by atomic mass is 16.5. The van der Waals surface area contributed by atoms with Gasteiger partial charge in [0, 0.05) is 0 Å². The van der Waals surface area contributed by atoms with Crippen LogP contribution in [0.5, 0.6) is 5.75 Å². The fourth-order valence-corrected chi connectivity index (χ4v) is 2.69. The van der Waals surface area contributed by atoms with Gasteiger partial charge in [0.05, 0.1) is 13.0 Å². The molecule has 0 aliphatic rings. The second-order valence-electron chi connectivity index (χ2n) is 7.58. The average molecular weight is 339 g/mol. The molecule has 0 aliphatic heterocycles. The van der Waals surface area contributed by atoms with E-state index in [1.54, 1.807) is 0 Å². The average Bonchev–Trinajstić information content (AvgIpc) is 2.54. The molecule has 1 N–H and O–H groups in total. The maximum Gasteiger partial charge on any atom is 0.224 e. The Hall–Kier alpha value is -2.29. The second-order valence-corrected chi connectivity index (χ2v) is 7.58. The Kier molecular flexibility index (Phi) is 6.24. The van der Waals surface area contributed by atoms with E-state index in [1.165, 1.54) is 11.1 Å². The minimum Gasteiger partial charge on any atom is -0.492 e. The minimum atomic E-state index is 0.0265. The van der Waals surface area contributed by atoms with Gasteiger partial charge in [-0.05, 0) is 48.1 Å². The lowest BCUT2D eigenvalue weighted by Gasteiger charge is -2.19. The van der Waals surface area contributed by atoms with Gasteiger partial charge in [-0.1, -0.05) is 56.7 Å². The molecule has 0 radical (unpaired) electrons. The van der Waals surface area contributed by atoms with Crippen LogP contribution in [0, 0.1) is 13.8 Å². The van der Waals surface area contributed by atoms with Crippen molar-refractivity contribution in [1.29, 1.82) is 0 Å². The quantitative estimate of drug-likeness (QED) is 0.795. The van der Waals surface area contributed by atoms with E-state index >= 15 is 0 Å². The first-order chi connectivity index (χ1) is 11.8. The standard InChI is InChI=1S/C22H29NO2/c1-16-6-7-18(17(2)14-16)15-21(24)23-12-13-25-20-10-8-19(9-11-20)22(3,4)5/h6-11,14H,12-13,15H2,1-5H3,(H,23,24). The highest BCUT2D eigenvalue weighted by Crippen LogP contribution is 2.24. The number of nitrogens with one attached hydrogen (secondary N) is 1. The molecule has 3 nitrogen and oxygen atoms in total. The lowest BCUT2D eigenvalue weighted by Crippen LogP contribution is -2.29. The van der Waals surface area contributed by atoms with Gasteiger partial charge in [-0.25, -0.2) is 0 Å². The smallest absolute Gasteiger partial charge is 0.224 e. The third kappa shape index (κ3) is 5.93. The van der Waals surface area contributed by atoms with Crippen molar-refractivity contribution in [2.24, 2.45) is 0 Å². The SMILES string of the molecule is Cc1ccc(CC(=O)NCCOc2ccc(C(C)(C)C)cc2)c(C)c1. The zero-order chi connectivity index (χ0) is 18.4. The fraction of sp³-hybridized carbons (Fsp3) is 0.409. The Bertz CT molecular complexity index is 712. The van der Waals surface area contributed by atoms with Crippen LogP contribution in [0.3, 0.4) is 0 Å². The summed E-state index contributed by atoms with van der Waals surface area (Å²) in [5.41, 5.74) is 4.86. The summed E-state index contributed by atoms with van der Waals surface area (Å²) >= 11 is 0. The van der Waals surface area contributed by atoms with Gasteiger partial charge in [0.1, 0.15) is 12.4 Å². The summed E-state index contributed by atoms with van der Waals surface area (Å²) in [4.78, 5) is 12.0. The van der Waals surface area contributed by atoms with Crippen LogP contribution in [-0.4, -0.2) is 19.1 Å². The third-order valence-electron chi connectivity index (χ3n) is 4.26. The van der Waals surface area contributed by atoms with Crippen LogP contribution in [0.1, 0.15) is 43.0 Å². The molecule has 0 saturated heterocycles. The monoisotopic (exact) mass is 339 g/mol. The summed E-state index contributed by atoms with van der Waals surface area (Å²) in [7, 11) is 0. The predicted octanol–water partition coefficient (Wildman–Crippen LogP) is 4.34. The van der Waals surface area contributed by atoms with Gasteiger partial charge in [0.25, 0.3) is 0 Å². The van der Waals surface area contributed by atoms with Crippen molar-refractivity contribution in [3.63, 3.8) is 0 Å². The highest BCUT2D eigenvalue weighted by Gasteiger charge is 2.13. The molecule has 0 aromatic heterocycles. The van der Waals surface area contributed by atoms with Crippen molar-refractivity contribution in [3.05, 3.63) is 64.7 Å². The topological polar surface area (TPSA) is 38.3 Å². The van der Waals surface area contributed by atoms with Crippen LogP contribution >= 0.6 is 0 Å². The van der Waals surface area contributed by atoms with E-state index in [1.807, 2.05) is 31.2 Å². The molecule has 0 heterocycles. The first kappa shape index (κ1) is 19.0. The summed E-state index contributed by atoms with van der Waals surface area (Å²) in [5, 5.41) is 2.91.